The fraction of sp³-hybridized carbons (Fsp3) is 0.417. The first kappa shape index (κ1) is 96.2. The van der Waals surface area contributed by atoms with Crippen LogP contribution in [-0.4, -0.2) is 290 Å². The van der Waals surface area contributed by atoms with Gasteiger partial charge in [-0.1, -0.05) is 36.4 Å². The highest BCUT2D eigenvalue weighted by Gasteiger charge is 2.52. The largest absolute Gasteiger partial charge is 0.508 e. The van der Waals surface area contributed by atoms with Crippen molar-refractivity contribution in [2.45, 2.75) is 198 Å². The molecular weight excluding hydrogens is 1780 g/mol. The minimum atomic E-state index is -4.67. The number of methoxy groups -OCH3 is 1. The Balaban J connectivity index is 0.00000273. The molecule has 0 spiro atoms. The molecule has 48 heteroatoms. The minimum absolute atomic E-state index is 0.0198. The highest BCUT2D eigenvalue weighted by Crippen LogP contribution is 2.50. The number of phenols is 4. The van der Waals surface area contributed by atoms with Gasteiger partial charge in [0.05, 0.1) is 38.6 Å². The molecule has 2 unspecified atom stereocenters. The number of amides is 6. The number of nitrogens with one attached hydrogen (secondary N) is 6. The molecule has 47 nitrogen and oxygen atoms in total. The van der Waals surface area contributed by atoms with Gasteiger partial charge in [0.1, 0.15) is 156 Å². The van der Waals surface area contributed by atoms with Crippen LogP contribution in [0.3, 0.4) is 0 Å². The molecule has 710 valence electrons. The summed E-state index contributed by atoms with van der Waals surface area (Å²) in [6, 6.07) is 5.99. The predicted octanol–water partition coefficient (Wildman–Crippen LogP) is -3.44. The van der Waals surface area contributed by atoms with Crippen molar-refractivity contribution >= 4 is 51.8 Å². The number of phenolic OH excluding ortho intramolecular Hbond substituents is 4. The number of carbonyl (C=O) groups is 7. The van der Waals surface area contributed by atoms with Gasteiger partial charge in [0, 0.05) is 40.8 Å². The lowest BCUT2D eigenvalue weighted by Crippen LogP contribution is -2.61. The molecule has 28 N–H and O–H groups in total. The van der Waals surface area contributed by atoms with Crippen molar-refractivity contribution in [2.24, 2.45) is 11.5 Å². The topological polar surface area (TPSA) is 753 Å². The zero-order chi connectivity index (χ0) is 95.4. The number of hydrogen-bond donors (Lipinski definition) is 26. The van der Waals surface area contributed by atoms with Crippen LogP contribution in [0.4, 0.5) is 0 Å². The van der Waals surface area contributed by atoms with Gasteiger partial charge >= 0.3 is 16.4 Å². The SMILES string of the molecule is COC(=O)[C@H]1NC(=O)[C@H]2NC(=O)[C@H](NC(=O)[C@@H]3NC(=O)[C@H]4NC(=O)[C@H](NC(=O)[C@@H](N)c5ccc(O)c(c5)Oc5cc4cc(O)c5C)[C@H](O)c4ccc(cc4)Oc4cc3cc(c4O[C@@H]3O[C@H](CO[C@@H]4O[C@@H](C)[C@H](O)[C@@H](O)[C@H]4O)[C@@H](O)[C@H](O)[C@H]3O)Oc3ccc(cc3)[C@H]2OC2C[C@H](N)[C@@H](O)[C@H](C)O2)c2ccc(O)c(c2)-c2c(OC3O[C@H](CO)[C@@H](O)[C@H](O)[C@@H]3O)cc(O)cc21.O=S(=O)(O)O. The second-order valence-electron chi connectivity index (χ2n) is 32.2. The lowest BCUT2D eigenvalue weighted by Gasteiger charge is -2.42. The molecule has 10 heterocycles. The number of aliphatic hydroxyl groups is 12. The maximum Gasteiger partial charge on any atom is 0.394 e. The Bertz CT molecular complexity index is 5610. The normalized spacial score (nSPS) is 32.5. The number of aliphatic hydroxyl groups excluding tert-OH is 12. The third kappa shape index (κ3) is 20.2. The minimum Gasteiger partial charge on any atom is -0.508 e. The molecule has 4 fully saturated rings. The van der Waals surface area contributed by atoms with Crippen LogP contribution in [0, 0.1) is 6.92 Å². The van der Waals surface area contributed by atoms with E-state index in [1.54, 1.807) is 0 Å². The Kier molecular flexibility index (Phi) is 28.5. The number of benzene rings is 7. The molecule has 0 aliphatic carbocycles. The van der Waals surface area contributed by atoms with Crippen LogP contribution in [0.1, 0.15) is 107 Å². The second kappa shape index (κ2) is 39.1. The van der Waals surface area contributed by atoms with E-state index in [1.807, 2.05) is 0 Å². The Morgan fingerprint density at radius 2 is 0.977 bits per heavy atom. The van der Waals surface area contributed by atoms with E-state index in [9.17, 15) is 91.3 Å². The summed E-state index contributed by atoms with van der Waals surface area (Å²) in [4.78, 5) is 111. The smallest absolute Gasteiger partial charge is 0.394 e. The van der Waals surface area contributed by atoms with Crippen LogP contribution in [0.5, 0.6) is 69.0 Å². The van der Waals surface area contributed by atoms with Crippen molar-refractivity contribution in [1.82, 2.24) is 31.9 Å². The van der Waals surface area contributed by atoms with Crippen molar-refractivity contribution in [1.29, 1.82) is 0 Å². The van der Waals surface area contributed by atoms with Gasteiger partial charge in [-0.2, -0.15) is 8.42 Å². The molecule has 17 bridgehead atoms. The maximum atomic E-state index is 16.9. The molecule has 0 saturated carbocycles. The van der Waals surface area contributed by atoms with E-state index in [-0.39, 0.29) is 51.7 Å². The maximum absolute atomic E-state index is 16.9. The molecule has 7 aromatic carbocycles. The lowest BCUT2D eigenvalue weighted by molar-refractivity contribution is -0.318. The van der Waals surface area contributed by atoms with Gasteiger partial charge in [0.2, 0.25) is 53.8 Å². The first-order valence-electron chi connectivity index (χ1n) is 40.7. The van der Waals surface area contributed by atoms with Gasteiger partial charge in [-0.3, -0.25) is 37.9 Å². The van der Waals surface area contributed by atoms with Crippen LogP contribution in [0.2, 0.25) is 0 Å². The zero-order valence-electron chi connectivity index (χ0n) is 69.5. The highest BCUT2D eigenvalue weighted by atomic mass is 32.3. The van der Waals surface area contributed by atoms with Gasteiger partial charge in [-0.05, 0) is 133 Å². The first-order valence-corrected chi connectivity index (χ1v) is 42.1. The van der Waals surface area contributed by atoms with Gasteiger partial charge in [-0.15, -0.1) is 0 Å². The van der Waals surface area contributed by atoms with Crippen LogP contribution >= 0.6 is 0 Å². The number of carbonyl (C=O) groups excluding carboxylic acids is 7. The van der Waals surface area contributed by atoms with Crippen molar-refractivity contribution in [3.63, 3.8) is 0 Å². The highest BCUT2D eigenvalue weighted by molar-refractivity contribution is 7.79. The Morgan fingerprint density at radius 1 is 0.477 bits per heavy atom. The van der Waals surface area contributed by atoms with Crippen molar-refractivity contribution < 1.29 is 190 Å². The fourth-order valence-corrected chi connectivity index (χ4v) is 16.0. The van der Waals surface area contributed by atoms with Gasteiger partial charge in [0.15, 0.2) is 41.6 Å². The van der Waals surface area contributed by atoms with Crippen molar-refractivity contribution in [3.8, 4) is 80.1 Å². The predicted molar refractivity (Wildman–Crippen MR) is 438 cm³/mol. The third-order valence-electron chi connectivity index (χ3n) is 23.3. The number of ether oxygens (including phenoxy) is 12. The molecule has 0 aromatic heterocycles. The monoisotopic (exact) mass is 1870 g/mol. The number of rotatable bonds is 11. The third-order valence-corrected chi connectivity index (χ3v) is 23.3. The molecule has 132 heavy (non-hydrogen) atoms. The summed E-state index contributed by atoms with van der Waals surface area (Å²) in [6.45, 7) is 2.35. The molecule has 4 saturated heterocycles. The Labute approximate surface area is 746 Å². The van der Waals surface area contributed by atoms with Crippen LogP contribution < -0.4 is 67.1 Å². The Hall–Kier alpha value is -11.9. The number of nitrogens with two attached hydrogens (primary N) is 2. The van der Waals surface area contributed by atoms with Crippen molar-refractivity contribution in [3.05, 3.63) is 166 Å². The molecule has 17 rings (SSSR count). The van der Waals surface area contributed by atoms with Crippen molar-refractivity contribution in [2.75, 3.05) is 20.3 Å². The summed E-state index contributed by atoms with van der Waals surface area (Å²) in [7, 11) is -3.77. The lowest BCUT2D eigenvalue weighted by atomic mass is 9.89. The van der Waals surface area contributed by atoms with E-state index in [0.29, 0.717) is 0 Å². The van der Waals surface area contributed by atoms with Crippen LogP contribution in [0.25, 0.3) is 11.1 Å². The van der Waals surface area contributed by atoms with Gasteiger partial charge in [0.25, 0.3) is 0 Å². The van der Waals surface area contributed by atoms with E-state index in [2.05, 4.69) is 31.9 Å². The van der Waals surface area contributed by atoms with Crippen LogP contribution in [0.15, 0.2) is 121 Å². The Morgan fingerprint density at radius 3 is 1.59 bits per heavy atom. The molecule has 10 aliphatic heterocycles. The van der Waals surface area contributed by atoms with E-state index in [0.717, 1.165) is 67.8 Å². The molecule has 7 aromatic rings. The summed E-state index contributed by atoms with van der Waals surface area (Å²) in [5.41, 5.74) is 9.79. The fourth-order valence-electron chi connectivity index (χ4n) is 16.0. The van der Waals surface area contributed by atoms with E-state index in [1.165, 1.54) is 81.4 Å². The summed E-state index contributed by atoms with van der Waals surface area (Å²) in [6.07, 6.45) is -37.1. The molecular formula is C84H94N8O39S. The quantitative estimate of drug-likeness (QED) is 0.0442. The molecule has 28 atom stereocenters. The number of fused-ring (bicyclic) bond motifs is 14. The van der Waals surface area contributed by atoms with Gasteiger partial charge in [-0.25, -0.2) is 4.79 Å². The summed E-state index contributed by atoms with van der Waals surface area (Å²) in [5, 5.41) is 198. The van der Waals surface area contributed by atoms with Crippen LogP contribution in [-0.2, 0) is 77.1 Å². The van der Waals surface area contributed by atoms with E-state index >= 15 is 24.0 Å². The van der Waals surface area contributed by atoms with E-state index in [4.69, 9.17) is 85.8 Å². The van der Waals surface area contributed by atoms with E-state index < -0.39 is 316 Å². The first-order chi connectivity index (χ1) is 62.4. The average molecular weight is 1870 g/mol. The number of hydrogen-bond acceptors (Lipinski definition) is 39. The summed E-state index contributed by atoms with van der Waals surface area (Å²) in [5.74, 6) is -16.2. The molecule has 0 radical (unpaired) electrons. The molecule has 6 amide bonds. The van der Waals surface area contributed by atoms with Gasteiger partial charge < -0.3 is 182 Å². The summed E-state index contributed by atoms with van der Waals surface area (Å²) < 4.78 is 106. The molecule has 10 aliphatic rings. The summed E-state index contributed by atoms with van der Waals surface area (Å²) >= 11 is 0. The average Bonchev–Trinajstić information content (AvgIpc) is 0.753. The number of aromatic hydroxyl groups is 4. The zero-order valence-corrected chi connectivity index (χ0v) is 70.3. The standard InChI is InChI=1S/C84H92N8O35.H2O4S/c1-28-45(97)18-35-20-46(28)122-47-19-33(9-16-44(47)96)55(86)75(109)91-60-64(100)31-5-11-38(12-6-31)120-49-21-36-22-50(74(49)127-84-72(108)69(105)66(102)52(125-84)27-117-82-70(106)67(103)63(99)30(3)119-82)121-39-13-7-32(8-14-39)73(126-53-25-42(85)62(98)29(2)118-53)61-80(114)90-59(81(115)116-4)41-23-37(94)24-48(123-83-71(107)68(104)65(101)51(26-93)124-83)54(41)40-17-34(10-15-43(40)95)56(76(110)92-61)87-78(112)58(36)88-77(111)57(35)89-79(60)113;1-5(2,3)4/h5-24,29-30,42,51-53,55-73,82-84,93-108H,25-27,85-86H2,1-4H3,(H,87,112)(H,88,111)(H,89,113)(H,90,114)(H,91,109)(H,92,110);(H2,1,2,3,4)/t29-,30-,42-,51+,52+,53?,55-,56+,57-,58+,59-,60+,61-,62-,63-,64+,65+,66+,67+,68-,69-,70+,71-,72+,73+,82+,83?,84-;/m0./s1. The second-order valence-corrected chi connectivity index (χ2v) is 33.1. The number of esters is 1.